The molecule has 0 nitrogen and oxygen atoms in total. The Hall–Kier alpha value is -0.560. The van der Waals surface area contributed by atoms with Gasteiger partial charge in [-0.05, 0) is 6.92 Å². The zero-order valence-electron chi connectivity index (χ0n) is 6.52. The molecule has 0 fully saturated rings. The first-order chi connectivity index (χ1) is 5.88. The van der Waals surface area contributed by atoms with E-state index in [1.54, 1.807) is 0 Å². The fourth-order valence-corrected chi connectivity index (χ4v) is 0.541. The van der Waals surface area contributed by atoms with Crippen LogP contribution in [0.25, 0.3) is 0 Å². The Morgan fingerprint density at radius 3 is 1.43 bits per heavy atom. The summed E-state index contributed by atoms with van der Waals surface area (Å²) in [5.41, 5.74) is 0. The molecule has 0 amide bonds. The van der Waals surface area contributed by atoms with E-state index in [0.717, 1.165) is 0 Å². The van der Waals surface area contributed by atoms with Gasteiger partial charge in [0.1, 0.15) is 0 Å². The van der Waals surface area contributed by atoms with Gasteiger partial charge >= 0.3 is 18.3 Å². The fourth-order valence-electron chi connectivity index (χ4n) is 0.541. The maximum atomic E-state index is 12.0. The minimum absolute atomic E-state index is 2.20. The highest BCUT2D eigenvalue weighted by molar-refractivity contribution is 4.83. The number of alkyl halides is 8. The summed E-state index contributed by atoms with van der Waals surface area (Å²) in [5, 5.41) is 0. The monoisotopic (exact) mass is 229 g/mol. The van der Waals surface area contributed by atoms with E-state index in [-0.39, 0.29) is 0 Å². The molecule has 1 radical (unpaired) electrons. The molecule has 0 saturated heterocycles. The smallest absolute Gasteiger partial charge is 0.196 e. The maximum absolute atomic E-state index is 12.0. The third kappa shape index (κ3) is 3.30. The molecule has 0 aliphatic rings. The highest BCUT2D eigenvalue weighted by Crippen LogP contribution is 2.43. The first kappa shape index (κ1) is 13.4. The summed E-state index contributed by atoms with van der Waals surface area (Å²) in [6, 6.07) is 0. The molecule has 0 spiro atoms. The van der Waals surface area contributed by atoms with Crippen molar-refractivity contribution in [1.29, 1.82) is 0 Å². The number of hydrogen-bond donors (Lipinski definition) is 0. The van der Waals surface area contributed by atoms with Crippen LogP contribution in [0.15, 0.2) is 0 Å². The topological polar surface area (TPSA) is 0 Å². The lowest BCUT2D eigenvalue weighted by Gasteiger charge is -2.24. The summed E-state index contributed by atoms with van der Waals surface area (Å²) in [4.78, 5) is 0. The Kier molecular flexibility index (Phi) is 3.40. The Bertz CT molecular complexity index is 187. The summed E-state index contributed by atoms with van der Waals surface area (Å²) in [7, 11) is 0. The molecule has 85 valence electrons. The van der Waals surface area contributed by atoms with E-state index in [9.17, 15) is 35.1 Å². The van der Waals surface area contributed by atoms with E-state index in [4.69, 9.17) is 0 Å². The molecule has 0 rings (SSSR count). The maximum Gasteiger partial charge on any atom is 0.453 e. The first-order valence-corrected chi connectivity index (χ1v) is 3.22. The summed E-state index contributed by atoms with van der Waals surface area (Å²) < 4.78 is 93.2. The van der Waals surface area contributed by atoms with Crippen molar-refractivity contribution in [2.45, 2.75) is 24.7 Å². The average Bonchev–Trinajstić information content (AvgIpc) is 1.80. The van der Waals surface area contributed by atoms with Crippen LogP contribution in [0.3, 0.4) is 0 Å². The fraction of sp³-hybridized carbons (Fsp3) is 0.833. The summed E-state index contributed by atoms with van der Waals surface area (Å²) in [6.07, 6.45) is -13.5. The Morgan fingerprint density at radius 1 is 0.857 bits per heavy atom. The highest BCUT2D eigenvalue weighted by atomic mass is 19.4. The van der Waals surface area contributed by atoms with Gasteiger partial charge in [-0.25, -0.2) is 0 Å². The number of halogens is 8. The third-order valence-corrected chi connectivity index (χ3v) is 1.38. The quantitative estimate of drug-likeness (QED) is 0.635. The summed E-state index contributed by atoms with van der Waals surface area (Å²) in [5.74, 6) is -8.31. The van der Waals surface area contributed by atoms with Crippen molar-refractivity contribution in [3.05, 3.63) is 6.92 Å². The lowest BCUT2D eigenvalue weighted by molar-refractivity contribution is -0.296. The molecule has 0 heterocycles. The van der Waals surface area contributed by atoms with Crippen molar-refractivity contribution < 1.29 is 35.1 Å². The van der Waals surface area contributed by atoms with Crippen molar-refractivity contribution in [1.82, 2.24) is 0 Å². The van der Waals surface area contributed by atoms with Crippen LogP contribution >= 0.6 is 0 Å². The van der Waals surface area contributed by atoms with Crippen LogP contribution in [0.5, 0.6) is 0 Å². The molecule has 0 saturated carbocycles. The van der Waals surface area contributed by atoms with Crippen LogP contribution in [0, 0.1) is 12.8 Å². The van der Waals surface area contributed by atoms with E-state index in [2.05, 4.69) is 6.92 Å². The molecule has 0 bridgehead atoms. The second-order valence-corrected chi connectivity index (χ2v) is 2.64. The van der Waals surface area contributed by atoms with E-state index in [0.29, 0.717) is 0 Å². The molecule has 8 heteroatoms. The molecule has 0 aromatic heterocycles. The number of rotatable bonds is 2. The van der Waals surface area contributed by atoms with Crippen LogP contribution in [0.4, 0.5) is 35.1 Å². The predicted octanol–water partition coefficient (Wildman–Crippen LogP) is 3.59. The van der Waals surface area contributed by atoms with E-state index in [1.807, 2.05) is 0 Å². The molecule has 0 aromatic carbocycles. The molecule has 0 aliphatic carbocycles. The van der Waals surface area contributed by atoms with E-state index < -0.39 is 30.6 Å². The van der Waals surface area contributed by atoms with Gasteiger partial charge < -0.3 is 0 Å². The normalized spacial score (nSPS) is 16.9. The highest BCUT2D eigenvalue weighted by Gasteiger charge is 2.59. The SMILES string of the molecule is [CH2]C(CC(F)(F)C(F)(F)F)C(F)(F)F. The van der Waals surface area contributed by atoms with Gasteiger partial charge in [-0.3, -0.25) is 0 Å². The Labute approximate surface area is 73.9 Å². The van der Waals surface area contributed by atoms with Crippen LogP contribution < -0.4 is 0 Å². The van der Waals surface area contributed by atoms with Gasteiger partial charge in [0.25, 0.3) is 0 Å². The van der Waals surface area contributed by atoms with Gasteiger partial charge in [0.05, 0.1) is 5.92 Å². The second kappa shape index (κ2) is 3.54. The van der Waals surface area contributed by atoms with Crippen molar-refractivity contribution in [3.63, 3.8) is 0 Å². The van der Waals surface area contributed by atoms with Crippen molar-refractivity contribution in [3.8, 4) is 0 Å². The van der Waals surface area contributed by atoms with Gasteiger partial charge in [-0.2, -0.15) is 35.1 Å². The molecular formula is C6H5F8. The molecule has 0 aromatic rings. The van der Waals surface area contributed by atoms with Gasteiger partial charge in [0.2, 0.25) is 0 Å². The van der Waals surface area contributed by atoms with Crippen LogP contribution in [-0.4, -0.2) is 18.3 Å². The van der Waals surface area contributed by atoms with Gasteiger partial charge in [0, 0.05) is 6.42 Å². The molecule has 1 unspecified atom stereocenters. The minimum atomic E-state index is -5.98. The van der Waals surface area contributed by atoms with E-state index in [1.165, 1.54) is 0 Å². The molecule has 0 aliphatic heterocycles. The van der Waals surface area contributed by atoms with Crippen LogP contribution in [-0.2, 0) is 0 Å². The minimum Gasteiger partial charge on any atom is -0.196 e. The lowest BCUT2D eigenvalue weighted by Crippen LogP contribution is -2.40. The molecule has 14 heavy (non-hydrogen) atoms. The average molecular weight is 229 g/mol. The molecular weight excluding hydrogens is 224 g/mol. The third-order valence-electron chi connectivity index (χ3n) is 1.38. The standard InChI is InChI=1S/C6H5F8/c1-3(5(9,10)11)2-4(7,8)6(12,13)14/h3H,1-2H2. The van der Waals surface area contributed by atoms with Crippen LogP contribution in [0.1, 0.15) is 6.42 Å². The number of hydrogen-bond acceptors (Lipinski definition) is 0. The Morgan fingerprint density at radius 2 is 1.21 bits per heavy atom. The summed E-state index contributed by atoms with van der Waals surface area (Å²) >= 11 is 0. The van der Waals surface area contributed by atoms with Gasteiger partial charge in [-0.1, -0.05) is 0 Å². The Balaban J connectivity index is 4.53. The first-order valence-electron chi connectivity index (χ1n) is 3.22. The molecule has 1 atom stereocenters. The van der Waals surface area contributed by atoms with Gasteiger partial charge in [-0.15, -0.1) is 0 Å². The second-order valence-electron chi connectivity index (χ2n) is 2.64. The molecule has 0 N–H and O–H groups in total. The van der Waals surface area contributed by atoms with Crippen molar-refractivity contribution in [2.75, 3.05) is 0 Å². The van der Waals surface area contributed by atoms with E-state index >= 15 is 0 Å². The van der Waals surface area contributed by atoms with Crippen molar-refractivity contribution >= 4 is 0 Å². The summed E-state index contributed by atoms with van der Waals surface area (Å²) in [6.45, 7) is 2.20. The van der Waals surface area contributed by atoms with Crippen LogP contribution in [0.2, 0.25) is 0 Å². The predicted molar refractivity (Wildman–Crippen MR) is 30.5 cm³/mol. The van der Waals surface area contributed by atoms with Crippen molar-refractivity contribution in [2.24, 2.45) is 5.92 Å². The largest absolute Gasteiger partial charge is 0.453 e. The zero-order valence-corrected chi connectivity index (χ0v) is 6.52. The zero-order chi connectivity index (χ0) is 11.8. The van der Waals surface area contributed by atoms with Gasteiger partial charge in [0.15, 0.2) is 0 Å². The lowest BCUT2D eigenvalue weighted by atomic mass is 10.0.